The van der Waals surface area contributed by atoms with Crippen molar-refractivity contribution in [3.8, 4) is 5.75 Å². The van der Waals surface area contributed by atoms with Crippen molar-refractivity contribution in [3.05, 3.63) is 82.7 Å². The highest BCUT2D eigenvalue weighted by Gasteiger charge is 2.25. The second-order valence-electron chi connectivity index (χ2n) is 8.05. The summed E-state index contributed by atoms with van der Waals surface area (Å²) in [4.78, 5) is 12.5. The van der Waals surface area contributed by atoms with Gasteiger partial charge in [0.25, 0.3) is 0 Å². The van der Waals surface area contributed by atoms with Gasteiger partial charge in [0.15, 0.2) is 0 Å². The Morgan fingerprint density at radius 1 is 1.17 bits per heavy atom. The van der Waals surface area contributed by atoms with E-state index in [9.17, 15) is 4.79 Å². The molecule has 1 atom stereocenters. The Labute approximate surface area is 178 Å². The number of nitrogens with one attached hydrogen (secondary N) is 1. The number of hydrogen-bond acceptors (Lipinski definition) is 3. The smallest absolute Gasteiger partial charge is 0.223 e. The zero-order valence-electron chi connectivity index (χ0n) is 17.7. The number of carbonyl (C=O) groups is 1. The molecule has 4 rings (SSSR count). The fourth-order valence-corrected chi connectivity index (χ4v) is 3.99. The quantitative estimate of drug-likeness (QED) is 0.631. The molecule has 0 saturated heterocycles. The summed E-state index contributed by atoms with van der Waals surface area (Å²) in [6.07, 6.45) is 5.28. The van der Waals surface area contributed by atoms with E-state index in [4.69, 9.17) is 4.74 Å². The summed E-state index contributed by atoms with van der Waals surface area (Å²) in [7, 11) is 0. The Hall–Kier alpha value is -3.08. The number of fused-ring (bicyclic) bond motifs is 1. The molecule has 1 aromatic heterocycles. The molecule has 156 valence electrons. The van der Waals surface area contributed by atoms with Gasteiger partial charge < -0.3 is 10.1 Å². The number of rotatable bonds is 7. The molecular formula is C25H29N3O2. The standard InChI is InChI=1S/C25H29N3O2/c1-18-11-12-21(15-19(18)2)30-14-13-25(29)27-23-9-6-10-24-22(23)16-26-28(24)17-20-7-4-3-5-8-20/h3-5,7-8,11-12,15-16,23H,6,9-10,13-14,17H2,1-2H3,(H,27,29)/t23-/m1/s1. The summed E-state index contributed by atoms with van der Waals surface area (Å²) in [5.74, 6) is 0.834. The summed E-state index contributed by atoms with van der Waals surface area (Å²) in [6, 6.07) is 16.4. The maximum absolute atomic E-state index is 12.5. The van der Waals surface area contributed by atoms with Crippen LogP contribution in [-0.4, -0.2) is 22.3 Å². The van der Waals surface area contributed by atoms with Crippen molar-refractivity contribution in [1.29, 1.82) is 0 Å². The summed E-state index contributed by atoms with van der Waals surface area (Å²) >= 11 is 0. The minimum atomic E-state index is 0.0208. The van der Waals surface area contributed by atoms with Gasteiger partial charge in [-0.05, 0) is 61.9 Å². The van der Waals surface area contributed by atoms with Crippen LogP contribution in [0.3, 0.4) is 0 Å². The number of benzene rings is 2. The molecule has 0 radical (unpaired) electrons. The fraction of sp³-hybridized carbons (Fsp3) is 0.360. The van der Waals surface area contributed by atoms with Crippen LogP contribution in [0.1, 0.15) is 53.3 Å². The monoisotopic (exact) mass is 403 g/mol. The Kier molecular flexibility index (Phi) is 6.17. The lowest BCUT2D eigenvalue weighted by Gasteiger charge is -2.24. The topological polar surface area (TPSA) is 56.1 Å². The molecule has 1 aliphatic carbocycles. The molecule has 0 saturated carbocycles. The van der Waals surface area contributed by atoms with E-state index in [1.165, 1.54) is 22.4 Å². The van der Waals surface area contributed by atoms with Crippen molar-refractivity contribution in [3.63, 3.8) is 0 Å². The van der Waals surface area contributed by atoms with Crippen LogP contribution < -0.4 is 10.1 Å². The van der Waals surface area contributed by atoms with E-state index in [1.54, 1.807) is 0 Å². The summed E-state index contributed by atoms with van der Waals surface area (Å²) in [5.41, 5.74) is 6.06. The number of amides is 1. The van der Waals surface area contributed by atoms with Gasteiger partial charge in [0, 0.05) is 11.3 Å². The van der Waals surface area contributed by atoms with Gasteiger partial charge in [-0.1, -0.05) is 36.4 Å². The first-order valence-corrected chi connectivity index (χ1v) is 10.7. The molecule has 5 nitrogen and oxygen atoms in total. The molecule has 0 bridgehead atoms. The molecule has 0 spiro atoms. The molecule has 2 aromatic carbocycles. The maximum atomic E-state index is 12.5. The highest BCUT2D eigenvalue weighted by atomic mass is 16.5. The molecule has 0 fully saturated rings. The van der Waals surface area contributed by atoms with Crippen LogP contribution in [0, 0.1) is 13.8 Å². The minimum Gasteiger partial charge on any atom is -0.493 e. The Morgan fingerprint density at radius 3 is 2.80 bits per heavy atom. The van der Waals surface area contributed by atoms with Crippen molar-refractivity contribution in [2.45, 2.75) is 52.1 Å². The third-order valence-corrected chi connectivity index (χ3v) is 5.85. The molecule has 1 aliphatic rings. The van der Waals surface area contributed by atoms with Crippen molar-refractivity contribution in [1.82, 2.24) is 15.1 Å². The van der Waals surface area contributed by atoms with Crippen molar-refractivity contribution in [2.24, 2.45) is 0 Å². The first kappa shape index (κ1) is 20.2. The van der Waals surface area contributed by atoms with Crippen LogP contribution in [0.2, 0.25) is 0 Å². The molecular weight excluding hydrogens is 374 g/mol. The predicted molar refractivity (Wildman–Crippen MR) is 118 cm³/mol. The number of carbonyl (C=O) groups excluding carboxylic acids is 1. The SMILES string of the molecule is Cc1ccc(OCCC(=O)N[C@@H]2CCCc3c2cnn3Cc2ccccc2)cc1C. The van der Waals surface area contributed by atoms with E-state index in [0.29, 0.717) is 13.0 Å². The van der Waals surface area contributed by atoms with Gasteiger partial charge in [-0.15, -0.1) is 0 Å². The van der Waals surface area contributed by atoms with Crippen LogP contribution >= 0.6 is 0 Å². The number of aryl methyl sites for hydroxylation is 2. The van der Waals surface area contributed by atoms with E-state index < -0.39 is 0 Å². The summed E-state index contributed by atoms with van der Waals surface area (Å²) in [5, 5.41) is 7.80. The molecule has 0 aliphatic heterocycles. The second kappa shape index (κ2) is 9.16. The van der Waals surface area contributed by atoms with Crippen LogP contribution in [0.15, 0.2) is 54.7 Å². The Morgan fingerprint density at radius 2 is 2.00 bits per heavy atom. The molecule has 1 N–H and O–H groups in total. The second-order valence-corrected chi connectivity index (χ2v) is 8.05. The van der Waals surface area contributed by atoms with Gasteiger partial charge in [0.1, 0.15) is 5.75 Å². The molecule has 1 amide bonds. The van der Waals surface area contributed by atoms with Gasteiger partial charge >= 0.3 is 0 Å². The molecule has 0 unspecified atom stereocenters. The third kappa shape index (κ3) is 4.73. The molecule has 3 aromatic rings. The number of nitrogens with zero attached hydrogens (tertiary/aromatic N) is 2. The van der Waals surface area contributed by atoms with Crippen LogP contribution in [0.4, 0.5) is 0 Å². The van der Waals surface area contributed by atoms with Crippen molar-refractivity contribution >= 4 is 5.91 Å². The number of ether oxygens (including phenoxy) is 1. The zero-order valence-corrected chi connectivity index (χ0v) is 17.7. The van der Waals surface area contributed by atoms with Gasteiger partial charge in [0.05, 0.1) is 31.8 Å². The average molecular weight is 404 g/mol. The zero-order chi connectivity index (χ0) is 20.9. The summed E-state index contributed by atoms with van der Waals surface area (Å²) < 4.78 is 7.84. The van der Waals surface area contributed by atoms with Crippen LogP contribution in [-0.2, 0) is 17.8 Å². The highest BCUT2D eigenvalue weighted by molar-refractivity contribution is 5.76. The normalized spacial score (nSPS) is 15.5. The summed E-state index contributed by atoms with van der Waals surface area (Å²) in [6.45, 7) is 5.28. The van der Waals surface area contributed by atoms with E-state index in [0.717, 1.165) is 37.1 Å². The molecule has 5 heteroatoms. The maximum Gasteiger partial charge on any atom is 0.223 e. The van der Waals surface area contributed by atoms with Crippen LogP contribution in [0.5, 0.6) is 5.75 Å². The van der Waals surface area contributed by atoms with E-state index in [1.807, 2.05) is 42.6 Å². The van der Waals surface area contributed by atoms with E-state index in [-0.39, 0.29) is 11.9 Å². The minimum absolute atomic E-state index is 0.0208. The Bertz CT molecular complexity index is 1010. The highest BCUT2D eigenvalue weighted by Crippen LogP contribution is 2.30. The average Bonchev–Trinajstić information content (AvgIpc) is 3.15. The molecule has 1 heterocycles. The van der Waals surface area contributed by atoms with Gasteiger partial charge in [-0.25, -0.2) is 0 Å². The van der Waals surface area contributed by atoms with Crippen molar-refractivity contribution < 1.29 is 9.53 Å². The lowest BCUT2D eigenvalue weighted by Crippen LogP contribution is -2.31. The number of aromatic nitrogens is 2. The van der Waals surface area contributed by atoms with Gasteiger partial charge in [0.2, 0.25) is 5.91 Å². The predicted octanol–water partition coefficient (Wildman–Crippen LogP) is 4.51. The van der Waals surface area contributed by atoms with Gasteiger partial charge in [-0.3, -0.25) is 9.48 Å². The Balaban J connectivity index is 1.33. The number of hydrogen-bond donors (Lipinski definition) is 1. The van der Waals surface area contributed by atoms with Crippen LogP contribution in [0.25, 0.3) is 0 Å². The van der Waals surface area contributed by atoms with Gasteiger partial charge in [-0.2, -0.15) is 5.10 Å². The lowest BCUT2D eigenvalue weighted by molar-refractivity contribution is -0.122. The first-order chi connectivity index (χ1) is 14.6. The first-order valence-electron chi connectivity index (χ1n) is 10.7. The van der Waals surface area contributed by atoms with E-state index in [2.05, 4.69) is 41.1 Å². The fourth-order valence-electron chi connectivity index (χ4n) is 3.99. The molecule has 30 heavy (non-hydrogen) atoms. The largest absolute Gasteiger partial charge is 0.493 e. The van der Waals surface area contributed by atoms with E-state index >= 15 is 0 Å². The van der Waals surface area contributed by atoms with Crippen molar-refractivity contribution in [2.75, 3.05) is 6.61 Å². The lowest BCUT2D eigenvalue weighted by atomic mass is 9.92. The third-order valence-electron chi connectivity index (χ3n) is 5.85.